The molecular formula is C15H17N3O2. The third-order valence-electron chi connectivity index (χ3n) is 3.67. The van der Waals surface area contributed by atoms with Gasteiger partial charge in [-0.3, -0.25) is 9.78 Å². The van der Waals surface area contributed by atoms with Gasteiger partial charge in [0, 0.05) is 25.0 Å². The van der Waals surface area contributed by atoms with Crippen molar-refractivity contribution in [3.05, 3.63) is 48.4 Å². The minimum Gasteiger partial charge on any atom is -0.438 e. The molecule has 3 rings (SSSR count). The molecule has 1 aliphatic heterocycles. The molecule has 0 saturated carbocycles. The first-order chi connectivity index (χ1) is 9.83. The van der Waals surface area contributed by atoms with Gasteiger partial charge in [0.05, 0.1) is 6.20 Å². The van der Waals surface area contributed by atoms with E-state index in [0.717, 1.165) is 38.0 Å². The second kappa shape index (κ2) is 5.86. The Balaban J connectivity index is 1.63. The predicted octanol–water partition coefficient (Wildman–Crippen LogP) is 2.16. The number of hydrogen-bond acceptors (Lipinski definition) is 4. The molecule has 0 unspecified atom stereocenters. The number of likely N-dealkylation sites (tertiary alicyclic amines) is 1. The monoisotopic (exact) mass is 271 g/mol. The van der Waals surface area contributed by atoms with Crippen LogP contribution in [0.5, 0.6) is 0 Å². The van der Waals surface area contributed by atoms with Gasteiger partial charge in [-0.2, -0.15) is 0 Å². The molecule has 1 saturated heterocycles. The number of pyridine rings is 1. The first kappa shape index (κ1) is 12.8. The van der Waals surface area contributed by atoms with E-state index < -0.39 is 0 Å². The van der Waals surface area contributed by atoms with Gasteiger partial charge in [0.25, 0.3) is 5.91 Å². The fourth-order valence-corrected chi connectivity index (χ4v) is 2.71. The summed E-state index contributed by atoms with van der Waals surface area (Å²) in [5.74, 6) is 0.724. The fourth-order valence-electron chi connectivity index (χ4n) is 2.71. The molecule has 2 aromatic heterocycles. The van der Waals surface area contributed by atoms with Crippen LogP contribution in [0.3, 0.4) is 0 Å². The third-order valence-corrected chi connectivity index (χ3v) is 3.67. The Labute approximate surface area is 117 Å². The lowest BCUT2D eigenvalue weighted by molar-refractivity contribution is 0.0640. The van der Waals surface area contributed by atoms with Gasteiger partial charge in [0.2, 0.25) is 5.76 Å². The average molecular weight is 271 g/mol. The van der Waals surface area contributed by atoms with Gasteiger partial charge in [-0.05, 0) is 37.3 Å². The van der Waals surface area contributed by atoms with Gasteiger partial charge in [0.1, 0.15) is 0 Å². The fraction of sp³-hybridized carbons (Fsp3) is 0.400. The summed E-state index contributed by atoms with van der Waals surface area (Å²) in [6, 6.07) is 5.96. The van der Waals surface area contributed by atoms with Crippen LogP contribution in [0.2, 0.25) is 0 Å². The predicted molar refractivity (Wildman–Crippen MR) is 73.1 cm³/mol. The van der Waals surface area contributed by atoms with Crippen molar-refractivity contribution in [2.45, 2.75) is 19.3 Å². The molecule has 1 aliphatic rings. The van der Waals surface area contributed by atoms with Crippen LogP contribution in [-0.4, -0.2) is 33.9 Å². The van der Waals surface area contributed by atoms with E-state index in [2.05, 4.69) is 9.97 Å². The maximum atomic E-state index is 12.2. The van der Waals surface area contributed by atoms with E-state index in [1.165, 1.54) is 12.6 Å². The largest absolute Gasteiger partial charge is 0.438 e. The Morgan fingerprint density at radius 3 is 3.15 bits per heavy atom. The first-order valence-electron chi connectivity index (χ1n) is 6.90. The van der Waals surface area contributed by atoms with Gasteiger partial charge in [-0.15, -0.1) is 0 Å². The maximum Gasteiger partial charge on any atom is 0.291 e. The molecule has 5 nitrogen and oxygen atoms in total. The molecule has 0 spiro atoms. The number of piperidine rings is 1. The van der Waals surface area contributed by atoms with Crippen LogP contribution in [0, 0.1) is 5.92 Å². The molecule has 0 bridgehead atoms. The van der Waals surface area contributed by atoms with Gasteiger partial charge in [-0.25, -0.2) is 4.98 Å². The number of oxazole rings is 1. The van der Waals surface area contributed by atoms with Crippen molar-refractivity contribution in [3.8, 4) is 0 Å². The smallest absolute Gasteiger partial charge is 0.291 e. The van der Waals surface area contributed by atoms with Crippen LogP contribution in [0.15, 0.2) is 41.4 Å². The quantitative estimate of drug-likeness (QED) is 0.858. The highest BCUT2D eigenvalue weighted by molar-refractivity contribution is 5.91. The van der Waals surface area contributed by atoms with Crippen LogP contribution in [-0.2, 0) is 6.42 Å². The highest BCUT2D eigenvalue weighted by Crippen LogP contribution is 2.21. The molecule has 0 aliphatic carbocycles. The van der Waals surface area contributed by atoms with Gasteiger partial charge in [-0.1, -0.05) is 6.07 Å². The van der Waals surface area contributed by atoms with Crippen molar-refractivity contribution >= 4 is 5.91 Å². The highest BCUT2D eigenvalue weighted by atomic mass is 16.3. The molecule has 5 heteroatoms. The molecule has 2 aromatic rings. The standard InChI is InChI=1S/C15H17N3O2/c19-15(14-9-16-11-20-14)18-7-3-4-12(10-18)8-13-5-1-2-6-17-13/h1-2,5-6,9,11-12H,3-4,7-8,10H2/t12-/m1/s1. The Bertz CT molecular complexity index is 554. The zero-order chi connectivity index (χ0) is 13.8. The topological polar surface area (TPSA) is 59.2 Å². The number of hydrogen-bond donors (Lipinski definition) is 0. The number of rotatable bonds is 3. The molecule has 1 amide bonds. The van der Waals surface area contributed by atoms with Crippen LogP contribution < -0.4 is 0 Å². The number of amides is 1. The molecule has 20 heavy (non-hydrogen) atoms. The Morgan fingerprint density at radius 2 is 2.40 bits per heavy atom. The van der Waals surface area contributed by atoms with Crippen LogP contribution in [0.4, 0.5) is 0 Å². The third kappa shape index (κ3) is 2.87. The SMILES string of the molecule is O=C(c1cnco1)N1CCC[C@H](Cc2ccccn2)C1. The zero-order valence-electron chi connectivity index (χ0n) is 11.2. The first-order valence-corrected chi connectivity index (χ1v) is 6.90. The van der Waals surface area contributed by atoms with Crippen molar-refractivity contribution in [2.24, 2.45) is 5.92 Å². The molecule has 3 heterocycles. The molecule has 1 fully saturated rings. The van der Waals surface area contributed by atoms with Crippen molar-refractivity contribution in [1.82, 2.24) is 14.9 Å². The van der Waals surface area contributed by atoms with Crippen molar-refractivity contribution < 1.29 is 9.21 Å². The number of aromatic nitrogens is 2. The average Bonchev–Trinajstić information content (AvgIpc) is 3.02. The lowest BCUT2D eigenvalue weighted by atomic mass is 9.93. The van der Waals surface area contributed by atoms with E-state index in [0.29, 0.717) is 11.7 Å². The molecular weight excluding hydrogens is 254 g/mol. The number of carbonyl (C=O) groups excluding carboxylic acids is 1. The van der Waals surface area contributed by atoms with E-state index in [1.54, 1.807) is 0 Å². The summed E-state index contributed by atoms with van der Waals surface area (Å²) in [7, 11) is 0. The lowest BCUT2D eigenvalue weighted by Crippen LogP contribution is -2.40. The molecule has 0 N–H and O–H groups in total. The highest BCUT2D eigenvalue weighted by Gasteiger charge is 2.26. The zero-order valence-corrected chi connectivity index (χ0v) is 11.2. The van der Waals surface area contributed by atoms with Gasteiger partial charge < -0.3 is 9.32 Å². The molecule has 0 aromatic carbocycles. The van der Waals surface area contributed by atoms with Crippen molar-refractivity contribution in [3.63, 3.8) is 0 Å². The number of nitrogens with zero attached hydrogens (tertiary/aromatic N) is 3. The summed E-state index contributed by atoms with van der Waals surface area (Å²) < 4.78 is 5.09. The molecule has 0 radical (unpaired) electrons. The summed E-state index contributed by atoms with van der Waals surface area (Å²) in [5, 5.41) is 0. The van der Waals surface area contributed by atoms with E-state index in [9.17, 15) is 4.79 Å². The van der Waals surface area contributed by atoms with Gasteiger partial charge in [0.15, 0.2) is 6.39 Å². The van der Waals surface area contributed by atoms with Crippen molar-refractivity contribution in [2.75, 3.05) is 13.1 Å². The number of carbonyl (C=O) groups is 1. The Hall–Kier alpha value is -2.17. The van der Waals surface area contributed by atoms with Gasteiger partial charge >= 0.3 is 0 Å². The minimum absolute atomic E-state index is 0.0618. The van der Waals surface area contributed by atoms with E-state index in [-0.39, 0.29) is 5.91 Å². The Morgan fingerprint density at radius 1 is 1.45 bits per heavy atom. The molecule has 104 valence electrons. The second-order valence-electron chi connectivity index (χ2n) is 5.15. The summed E-state index contributed by atoms with van der Waals surface area (Å²) in [6.07, 6.45) is 7.66. The summed E-state index contributed by atoms with van der Waals surface area (Å²) in [4.78, 5) is 22.3. The van der Waals surface area contributed by atoms with E-state index in [4.69, 9.17) is 4.42 Å². The minimum atomic E-state index is -0.0618. The Kier molecular flexibility index (Phi) is 3.76. The van der Waals surface area contributed by atoms with Crippen LogP contribution >= 0.6 is 0 Å². The van der Waals surface area contributed by atoms with E-state index in [1.807, 2.05) is 29.3 Å². The summed E-state index contributed by atoms with van der Waals surface area (Å²) in [5.41, 5.74) is 1.09. The van der Waals surface area contributed by atoms with Crippen molar-refractivity contribution in [1.29, 1.82) is 0 Å². The normalized spacial score (nSPS) is 19.0. The second-order valence-corrected chi connectivity index (χ2v) is 5.15. The summed E-state index contributed by atoms with van der Waals surface area (Å²) >= 11 is 0. The van der Waals surface area contributed by atoms with E-state index >= 15 is 0 Å². The molecule has 1 atom stereocenters. The maximum absolute atomic E-state index is 12.2. The summed E-state index contributed by atoms with van der Waals surface area (Å²) in [6.45, 7) is 1.55. The van der Waals surface area contributed by atoms with Crippen LogP contribution in [0.25, 0.3) is 0 Å². The van der Waals surface area contributed by atoms with Crippen LogP contribution in [0.1, 0.15) is 29.1 Å². The lowest BCUT2D eigenvalue weighted by Gasteiger charge is -2.32.